The molecule has 0 radical (unpaired) electrons. The van der Waals surface area contributed by atoms with Crippen LogP contribution in [-0.4, -0.2) is 31.3 Å². The fourth-order valence-electron chi connectivity index (χ4n) is 2.16. The van der Waals surface area contributed by atoms with Crippen molar-refractivity contribution in [2.45, 2.75) is 32.2 Å². The van der Waals surface area contributed by atoms with E-state index in [1.54, 1.807) is 0 Å². The summed E-state index contributed by atoms with van der Waals surface area (Å²) in [6, 6.07) is 3.82. The SMILES string of the molecule is CCCC(CC(=O)O)n1nnnc1-c1c(F)cccc1Cl. The third kappa shape index (κ3) is 3.36. The third-order valence-corrected chi connectivity index (χ3v) is 3.37. The minimum absolute atomic E-state index is 0.0793. The second-order valence-electron chi connectivity index (χ2n) is 4.58. The Bertz CT molecular complexity index is 627. The molecule has 1 aromatic carbocycles. The molecule has 2 aromatic rings. The molecule has 8 heteroatoms. The fourth-order valence-corrected chi connectivity index (χ4v) is 2.41. The lowest BCUT2D eigenvalue weighted by atomic mass is 10.1. The lowest BCUT2D eigenvalue weighted by molar-refractivity contribution is -0.138. The predicted molar refractivity (Wildman–Crippen MR) is 74.4 cm³/mol. The third-order valence-electron chi connectivity index (χ3n) is 3.06. The lowest BCUT2D eigenvalue weighted by Crippen LogP contribution is -2.16. The molecule has 0 spiro atoms. The van der Waals surface area contributed by atoms with Crippen molar-refractivity contribution < 1.29 is 14.3 Å². The number of rotatable bonds is 6. The second-order valence-corrected chi connectivity index (χ2v) is 4.99. The summed E-state index contributed by atoms with van der Waals surface area (Å²) in [6.07, 6.45) is 1.18. The average Bonchev–Trinajstić information content (AvgIpc) is 2.86. The van der Waals surface area contributed by atoms with Crippen molar-refractivity contribution in [3.63, 3.8) is 0 Å². The van der Waals surface area contributed by atoms with E-state index in [-0.39, 0.29) is 22.8 Å². The summed E-state index contributed by atoms with van der Waals surface area (Å²) in [6.45, 7) is 1.93. The van der Waals surface area contributed by atoms with E-state index in [1.165, 1.54) is 22.9 Å². The van der Waals surface area contributed by atoms with Crippen LogP contribution in [-0.2, 0) is 4.79 Å². The number of hydrogen-bond acceptors (Lipinski definition) is 4. The highest BCUT2D eigenvalue weighted by molar-refractivity contribution is 6.33. The molecule has 112 valence electrons. The second kappa shape index (κ2) is 6.62. The Morgan fingerprint density at radius 3 is 2.90 bits per heavy atom. The number of aromatic nitrogens is 4. The van der Waals surface area contributed by atoms with Crippen LogP contribution in [0.25, 0.3) is 11.4 Å². The lowest BCUT2D eigenvalue weighted by Gasteiger charge is -2.16. The molecule has 1 atom stereocenters. The van der Waals surface area contributed by atoms with Crippen LogP contribution in [0.1, 0.15) is 32.2 Å². The molecule has 1 unspecified atom stereocenters. The first-order valence-electron chi connectivity index (χ1n) is 6.48. The van der Waals surface area contributed by atoms with Gasteiger partial charge in [-0.05, 0) is 29.0 Å². The van der Waals surface area contributed by atoms with Gasteiger partial charge in [0.15, 0.2) is 5.82 Å². The molecule has 6 nitrogen and oxygen atoms in total. The fraction of sp³-hybridized carbons (Fsp3) is 0.385. The van der Waals surface area contributed by atoms with Gasteiger partial charge in [-0.3, -0.25) is 4.79 Å². The number of carbonyl (C=O) groups is 1. The summed E-state index contributed by atoms with van der Waals surface area (Å²) < 4.78 is 15.3. The van der Waals surface area contributed by atoms with Gasteiger partial charge < -0.3 is 5.11 Å². The molecule has 0 saturated carbocycles. The first kappa shape index (κ1) is 15.4. The first-order chi connectivity index (χ1) is 10.0. The molecule has 1 N–H and O–H groups in total. The molecule has 2 rings (SSSR count). The quantitative estimate of drug-likeness (QED) is 0.887. The van der Waals surface area contributed by atoms with Crippen LogP contribution in [0.5, 0.6) is 0 Å². The molecule has 21 heavy (non-hydrogen) atoms. The van der Waals surface area contributed by atoms with Gasteiger partial charge in [0.2, 0.25) is 0 Å². The zero-order valence-corrected chi connectivity index (χ0v) is 12.1. The van der Waals surface area contributed by atoms with E-state index in [0.717, 1.165) is 6.42 Å². The molecule has 0 saturated heterocycles. The van der Waals surface area contributed by atoms with Gasteiger partial charge in [-0.1, -0.05) is 31.0 Å². The summed E-state index contributed by atoms with van der Waals surface area (Å²) >= 11 is 6.02. The van der Waals surface area contributed by atoms with Crippen LogP contribution in [0.2, 0.25) is 5.02 Å². The van der Waals surface area contributed by atoms with Gasteiger partial charge in [-0.15, -0.1) is 5.10 Å². The minimum Gasteiger partial charge on any atom is -0.481 e. The maximum atomic E-state index is 14.0. The van der Waals surface area contributed by atoms with E-state index in [4.69, 9.17) is 16.7 Å². The number of carboxylic acids is 1. The van der Waals surface area contributed by atoms with E-state index >= 15 is 0 Å². The van der Waals surface area contributed by atoms with Gasteiger partial charge >= 0.3 is 5.97 Å². The van der Waals surface area contributed by atoms with Gasteiger partial charge in [-0.2, -0.15) is 0 Å². The maximum Gasteiger partial charge on any atom is 0.305 e. The van der Waals surface area contributed by atoms with Crippen LogP contribution in [0.3, 0.4) is 0 Å². The van der Waals surface area contributed by atoms with Gasteiger partial charge in [0.1, 0.15) is 5.82 Å². The molecule has 0 bridgehead atoms. The Kier molecular flexibility index (Phi) is 4.85. The van der Waals surface area contributed by atoms with Crippen molar-refractivity contribution >= 4 is 17.6 Å². The summed E-state index contributed by atoms with van der Waals surface area (Å²) in [5.74, 6) is -1.38. The Labute approximate surface area is 125 Å². The summed E-state index contributed by atoms with van der Waals surface area (Å²) in [5.41, 5.74) is 0.0793. The number of carboxylic acid groups (broad SMARTS) is 1. The van der Waals surface area contributed by atoms with Crippen LogP contribution in [0.4, 0.5) is 4.39 Å². The van der Waals surface area contributed by atoms with E-state index in [2.05, 4.69) is 15.5 Å². The zero-order chi connectivity index (χ0) is 15.4. The largest absolute Gasteiger partial charge is 0.481 e. The molecule has 0 fully saturated rings. The molecule has 1 aromatic heterocycles. The van der Waals surface area contributed by atoms with Crippen LogP contribution < -0.4 is 0 Å². The van der Waals surface area contributed by atoms with Gasteiger partial charge in [0, 0.05) is 0 Å². The highest BCUT2D eigenvalue weighted by Gasteiger charge is 2.23. The van der Waals surface area contributed by atoms with Gasteiger partial charge in [0.25, 0.3) is 0 Å². The number of tetrazole rings is 1. The topological polar surface area (TPSA) is 80.9 Å². The van der Waals surface area contributed by atoms with E-state index in [1.807, 2.05) is 6.92 Å². The van der Waals surface area contributed by atoms with Crippen molar-refractivity contribution in [2.75, 3.05) is 0 Å². The molecule has 0 aliphatic rings. The number of aliphatic carboxylic acids is 1. The van der Waals surface area contributed by atoms with Crippen LogP contribution in [0, 0.1) is 5.82 Å². The monoisotopic (exact) mass is 312 g/mol. The van der Waals surface area contributed by atoms with Crippen molar-refractivity contribution in [3.05, 3.63) is 29.0 Å². The Hall–Kier alpha value is -2.02. The first-order valence-corrected chi connectivity index (χ1v) is 6.86. The van der Waals surface area contributed by atoms with Gasteiger partial charge in [0.05, 0.1) is 23.0 Å². The molecular formula is C13H14ClFN4O2. The van der Waals surface area contributed by atoms with E-state index in [0.29, 0.717) is 6.42 Å². The normalized spacial score (nSPS) is 12.3. The number of benzene rings is 1. The van der Waals surface area contributed by atoms with E-state index in [9.17, 15) is 9.18 Å². The van der Waals surface area contributed by atoms with Gasteiger partial charge in [-0.25, -0.2) is 9.07 Å². The molecule has 0 amide bonds. The minimum atomic E-state index is -0.963. The number of hydrogen-bond donors (Lipinski definition) is 1. The smallest absolute Gasteiger partial charge is 0.305 e. The van der Waals surface area contributed by atoms with E-state index < -0.39 is 17.8 Å². The van der Waals surface area contributed by atoms with Crippen molar-refractivity contribution in [2.24, 2.45) is 0 Å². The Balaban J connectivity index is 2.48. The highest BCUT2D eigenvalue weighted by atomic mass is 35.5. The van der Waals surface area contributed by atoms with Crippen molar-refractivity contribution in [1.29, 1.82) is 0 Å². The maximum absolute atomic E-state index is 14.0. The Morgan fingerprint density at radius 1 is 1.52 bits per heavy atom. The standard InChI is InChI=1S/C13H14ClFN4O2/c1-2-4-8(7-11(20)21)19-13(16-17-18-19)12-9(14)5-3-6-10(12)15/h3,5-6,8H,2,4,7H2,1H3,(H,20,21). The molecule has 0 aliphatic heterocycles. The molecular weight excluding hydrogens is 299 g/mol. The molecule has 1 heterocycles. The molecule has 0 aliphatic carbocycles. The van der Waals surface area contributed by atoms with Crippen LogP contribution >= 0.6 is 11.6 Å². The summed E-state index contributed by atoms with van der Waals surface area (Å²) in [7, 11) is 0. The Morgan fingerprint density at radius 2 is 2.29 bits per heavy atom. The zero-order valence-electron chi connectivity index (χ0n) is 11.3. The average molecular weight is 313 g/mol. The predicted octanol–water partition coefficient (Wildman–Crippen LogP) is 2.95. The van der Waals surface area contributed by atoms with Crippen molar-refractivity contribution in [1.82, 2.24) is 20.2 Å². The van der Waals surface area contributed by atoms with Crippen molar-refractivity contribution in [3.8, 4) is 11.4 Å². The summed E-state index contributed by atoms with van der Waals surface area (Å²) in [4.78, 5) is 11.0. The highest BCUT2D eigenvalue weighted by Crippen LogP contribution is 2.31. The summed E-state index contributed by atoms with van der Waals surface area (Å²) in [5, 5.41) is 20.3. The number of nitrogens with zero attached hydrogens (tertiary/aromatic N) is 4. The number of halogens is 2. The van der Waals surface area contributed by atoms with Crippen LogP contribution in [0.15, 0.2) is 18.2 Å².